The number of carbonyl (C=O) groups excluding carboxylic acids is 1. The fourth-order valence-electron chi connectivity index (χ4n) is 2.62. The number of anilines is 1. The van der Waals surface area contributed by atoms with Gasteiger partial charge in [0.15, 0.2) is 0 Å². The minimum atomic E-state index is -0.482. The summed E-state index contributed by atoms with van der Waals surface area (Å²) in [6, 6.07) is 22.2. The first-order chi connectivity index (χ1) is 14.5. The molecule has 0 aliphatic heterocycles. The number of nitrogens with one attached hydrogen (secondary N) is 2. The number of benzene rings is 3. The molecule has 0 bridgehead atoms. The lowest BCUT2D eigenvalue weighted by molar-refractivity contribution is -0.121. The van der Waals surface area contributed by atoms with E-state index in [1.165, 1.54) is 0 Å². The summed E-state index contributed by atoms with van der Waals surface area (Å²) in [6.45, 7) is 2.19. The maximum absolute atomic E-state index is 12.3. The fourth-order valence-corrected chi connectivity index (χ4v) is 3.07. The van der Waals surface area contributed by atoms with Crippen molar-refractivity contribution in [3.63, 3.8) is 0 Å². The Labute approximate surface area is 189 Å². The van der Waals surface area contributed by atoms with Gasteiger partial charge < -0.3 is 10.1 Å². The van der Waals surface area contributed by atoms with Gasteiger partial charge in [-0.2, -0.15) is 5.10 Å². The van der Waals surface area contributed by atoms with Crippen LogP contribution in [0.1, 0.15) is 18.1 Å². The Morgan fingerprint density at radius 2 is 1.90 bits per heavy atom. The number of hydrazone groups is 1. The van der Waals surface area contributed by atoms with Crippen LogP contribution in [0.4, 0.5) is 5.69 Å². The molecule has 0 saturated carbocycles. The molecule has 3 rings (SSSR count). The monoisotopic (exact) mass is 485 g/mol. The highest BCUT2D eigenvalue weighted by Gasteiger charge is 2.12. The number of hydrogen-bond acceptors (Lipinski definition) is 4. The van der Waals surface area contributed by atoms with Crippen LogP contribution < -0.4 is 15.5 Å². The van der Waals surface area contributed by atoms with Crippen molar-refractivity contribution in [2.75, 3.05) is 5.32 Å². The van der Waals surface area contributed by atoms with Gasteiger partial charge in [-0.05, 0) is 55.0 Å². The maximum Gasteiger partial charge on any atom is 0.262 e. The van der Waals surface area contributed by atoms with E-state index < -0.39 is 6.04 Å². The largest absolute Gasteiger partial charge is 0.488 e. The number of amides is 1. The van der Waals surface area contributed by atoms with Crippen LogP contribution in [-0.2, 0) is 11.4 Å². The van der Waals surface area contributed by atoms with E-state index in [2.05, 4.69) is 31.8 Å². The molecule has 1 atom stereocenters. The molecule has 0 radical (unpaired) electrons. The smallest absolute Gasteiger partial charge is 0.262 e. The van der Waals surface area contributed by atoms with Gasteiger partial charge in [0.05, 0.1) is 6.21 Å². The Bertz CT molecular complexity index is 1020. The quantitative estimate of drug-likeness (QED) is 0.320. The number of halogens is 2. The normalized spacial score (nSPS) is 11.8. The van der Waals surface area contributed by atoms with Crippen molar-refractivity contribution >= 4 is 45.3 Å². The Balaban J connectivity index is 1.56. The Morgan fingerprint density at radius 1 is 1.13 bits per heavy atom. The topological polar surface area (TPSA) is 62.7 Å². The first-order valence-corrected chi connectivity index (χ1v) is 10.5. The summed E-state index contributed by atoms with van der Waals surface area (Å²) in [6.07, 6.45) is 1.57. The molecule has 2 N–H and O–H groups in total. The van der Waals surface area contributed by atoms with Crippen LogP contribution in [-0.4, -0.2) is 18.2 Å². The molecule has 30 heavy (non-hydrogen) atoms. The lowest BCUT2D eigenvalue weighted by Crippen LogP contribution is -2.34. The van der Waals surface area contributed by atoms with Crippen LogP contribution >= 0.6 is 27.5 Å². The van der Waals surface area contributed by atoms with E-state index in [-0.39, 0.29) is 5.91 Å². The van der Waals surface area contributed by atoms with Crippen LogP contribution in [0.25, 0.3) is 0 Å². The van der Waals surface area contributed by atoms with E-state index in [4.69, 9.17) is 16.3 Å². The van der Waals surface area contributed by atoms with Crippen LogP contribution in [0.2, 0.25) is 5.02 Å². The van der Waals surface area contributed by atoms with E-state index >= 15 is 0 Å². The second-order valence-corrected chi connectivity index (χ2v) is 7.92. The molecular formula is C23H21BrClN3O2. The zero-order valence-electron chi connectivity index (χ0n) is 16.3. The average molecular weight is 487 g/mol. The van der Waals surface area contributed by atoms with Gasteiger partial charge in [-0.15, -0.1) is 0 Å². The molecule has 0 aliphatic rings. The highest BCUT2D eigenvalue weighted by molar-refractivity contribution is 9.10. The molecule has 0 fully saturated rings. The summed E-state index contributed by atoms with van der Waals surface area (Å²) in [7, 11) is 0. The molecule has 5 nitrogen and oxygen atoms in total. The lowest BCUT2D eigenvalue weighted by Gasteiger charge is -2.13. The van der Waals surface area contributed by atoms with Gasteiger partial charge in [-0.25, -0.2) is 5.43 Å². The molecule has 0 heterocycles. The molecule has 0 spiro atoms. The van der Waals surface area contributed by atoms with Gasteiger partial charge in [0.25, 0.3) is 5.91 Å². The van der Waals surface area contributed by atoms with Crippen molar-refractivity contribution < 1.29 is 9.53 Å². The first kappa shape index (κ1) is 21.9. The van der Waals surface area contributed by atoms with E-state index in [1.54, 1.807) is 25.3 Å². The third-order valence-corrected chi connectivity index (χ3v) is 4.97. The van der Waals surface area contributed by atoms with Crippen LogP contribution in [0.15, 0.2) is 82.4 Å². The second-order valence-electron chi connectivity index (χ2n) is 6.56. The van der Waals surface area contributed by atoms with Crippen molar-refractivity contribution in [3.05, 3.63) is 93.4 Å². The number of rotatable bonds is 8. The van der Waals surface area contributed by atoms with Crippen molar-refractivity contribution in [2.45, 2.75) is 19.6 Å². The van der Waals surface area contributed by atoms with Crippen LogP contribution in [0.5, 0.6) is 5.75 Å². The molecule has 154 valence electrons. The van der Waals surface area contributed by atoms with Gasteiger partial charge in [-0.1, -0.05) is 57.9 Å². The minimum Gasteiger partial charge on any atom is -0.488 e. The summed E-state index contributed by atoms with van der Waals surface area (Å²) >= 11 is 9.39. The van der Waals surface area contributed by atoms with E-state index in [1.807, 2.05) is 60.7 Å². The van der Waals surface area contributed by atoms with Gasteiger partial charge in [0.1, 0.15) is 18.4 Å². The fraction of sp³-hybridized carbons (Fsp3) is 0.130. The van der Waals surface area contributed by atoms with Crippen molar-refractivity contribution in [2.24, 2.45) is 5.10 Å². The Morgan fingerprint density at radius 3 is 2.67 bits per heavy atom. The third-order valence-electron chi connectivity index (χ3n) is 4.21. The molecule has 7 heteroatoms. The Hall–Kier alpha value is -2.83. The third kappa shape index (κ3) is 6.61. The van der Waals surface area contributed by atoms with Gasteiger partial charge >= 0.3 is 0 Å². The molecule has 0 unspecified atom stereocenters. The SMILES string of the molecule is C[C@@H](Nc1cccc(Cl)c1)C(=O)N/N=C\c1ccccc1OCc1ccc(Br)cc1. The van der Waals surface area contributed by atoms with Crippen molar-refractivity contribution in [3.8, 4) is 5.75 Å². The minimum absolute atomic E-state index is 0.264. The zero-order valence-corrected chi connectivity index (χ0v) is 18.7. The summed E-state index contributed by atoms with van der Waals surface area (Å²) in [4.78, 5) is 12.3. The Kier molecular flexibility index (Phi) is 7.88. The molecule has 0 aromatic heterocycles. The van der Waals surface area contributed by atoms with Crippen molar-refractivity contribution in [1.82, 2.24) is 5.43 Å². The van der Waals surface area contributed by atoms with Gasteiger partial charge in [-0.3, -0.25) is 4.79 Å². The number of ether oxygens (including phenoxy) is 1. The molecule has 0 aliphatic carbocycles. The highest BCUT2D eigenvalue weighted by atomic mass is 79.9. The summed E-state index contributed by atoms with van der Waals surface area (Å²) in [5.74, 6) is 0.419. The van der Waals surface area contributed by atoms with E-state index in [9.17, 15) is 4.79 Å². The maximum atomic E-state index is 12.3. The number of nitrogens with zero attached hydrogens (tertiary/aromatic N) is 1. The average Bonchev–Trinajstić information content (AvgIpc) is 2.74. The molecule has 3 aromatic carbocycles. The summed E-state index contributed by atoms with van der Waals surface area (Å²) < 4.78 is 6.94. The van der Waals surface area contributed by atoms with E-state index in [0.29, 0.717) is 17.4 Å². The number of hydrogen-bond donors (Lipinski definition) is 2. The molecule has 0 saturated heterocycles. The van der Waals surface area contributed by atoms with Gasteiger partial charge in [0, 0.05) is 20.7 Å². The zero-order chi connectivity index (χ0) is 21.3. The first-order valence-electron chi connectivity index (χ1n) is 9.32. The second kappa shape index (κ2) is 10.8. The van der Waals surface area contributed by atoms with Crippen molar-refractivity contribution in [1.29, 1.82) is 0 Å². The highest BCUT2D eigenvalue weighted by Crippen LogP contribution is 2.19. The standard InChI is InChI=1S/C23H21BrClN3O2/c1-16(27-21-7-4-6-20(25)13-21)23(29)28-26-14-18-5-2-3-8-22(18)30-15-17-9-11-19(24)12-10-17/h2-14,16,27H,15H2,1H3,(H,28,29)/b26-14-/t16-/m1/s1. The van der Waals surface area contributed by atoms with Crippen LogP contribution in [0, 0.1) is 0 Å². The predicted molar refractivity (Wildman–Crippen MR) is 125 cm³/mol. The van der Waals surface area contributed by atoms with E-state index in [0.717, 1.165) is 21.3 Å². The summed E-state index contributed by atoms with van der Waals surface area (Å²) in [5.41, 5.74) is 5.14. The summed E-state index contributed by atoms with van der Waals surface area (Å²) in [5, 5.41) is 7.76. The van der Waals surface area contributed by atoms with Crippen LogP contribution in [0.3, 0.4) is 0 Å². The number of carbonyl (C=O) groups is 1. The van der Waals surface area contributed by atoms with Gasteiger partial charge in [0.2, 0.25) is 0 Å². The molecular weight excluding hydrogens is 466 g/mol. The molecule has 3 aromatic rings. The molecule has 1 amide bonds. The number of para-hydroxylation sites is 1. The predicted octanol–water partition coefficient (Wildman–Crippen LogP) is 5.63. The lowest BCUT2D eigenvalue weighted by atomic mass is 10.2.